The number of nitrogens with one attached hydrogen (secondary N) is 1. The largest absolute Gasteiger partial charge is 0.339 e. The lowest BCUT2D eigenvalue weighted by molar-refractivity contribution is -0.117. The first kappa shape index (κ1) is 18.1. The molecule has 0 aliphatic carbocycles. The van der Waals surface area contributed by atoms with Gasteiger partial charge in [0.25, 0.3) is 5.91 Å². The highest BCUT2D eigenvalue weighted by molar-refractivity contribution is 7.98. The van der Waals surface area contributed by atoms with Crippen LogP contribution in [-0.4, -0.2) is 38.3 Å². The second-order valence-corrected chi connectivity index (χ2v) is 6.98. The fourth-order valence-electron chi connectivity index (χ4n) is 2.66. The van der Waals surface area contributed by atoms with Crippen molar-refractivity contribution in [3.63, 3.8) is 0 Å². The number of thioether (sulfide) groups is 1. The number of rotatable bonds is 7. The van der Waals surface area contributed by atoms with Gasteiger partial charge in [0.15, 0.2) is 11.5 Å². The van der Waals surface area contributed by atoms with Crippen LogP contribution in [0.1, 0.15) is 34.2 Å². The Morgan fingerprint density at radius 1 is 1.15 bits per heavy atom. The highest BCUT2D eigenvalue weighted by Crippen LogP contribution is 2.18. The third-order valence-corrected chi connectivity index (χ3v) is 4.73. The monoisotopic (exact) mass is 368 g/mol. The topological polar surface area (TPSA) is 76.4 Å². The smallest absolute Gasteiger partial charge is 0.292 e. The Morgan fingerprint density at radius 3 is 2.65 bits per heavy atom. The Balaban J connectivity index is 1.83. The number of aromatic nitrogens is 3. The number of Topliss-reactive ketones (excluding diaryl/α,β-unsaturated/α-hetero) is 1. The molecule has 26 heavy (non-hydrogen) atoms. The van der Waals surface area contributed by atoms with Crippen molar-refractivity contribution in [1.82, 2.24) is 19.9 Å². The fraction of sp³-hybridized carbons (Fsp3) is 0.263. The van der Waals surface area contributed by atoms with E-state index in [1.807, 2.05) is 54.1 Å². The molecule has 0 fully saturated rings. The Morgan fingerprint density at radius 2 is 1.92 bits per heavy atom. The van der Waals surface area contributed by atoms with E-state index in [9.17, 15) is 9.59 Å². The molecule has 6 nitrogen and oxygen atoms in total. The summed E-state index contributed by atoms with van der Waals surface area (Å²) in [6, 6.07) is 12.2. The SMILES string of the molecule is CSCCC(NC(=O)C(=O)c1ccc(C)cc1)c1nnc2ccccn12. The molecule has 2 aromatic heterocycles. The van der Waals surface area contributed by atoms with Crippen molar-refractivity contribution in [3.8, 4) is 0 Å². The number of pyridine rings is 1. The van der Waals surface area contributed by atoms with Crippen LogP contribution in [0.3, 0.4) is 0 Å². The maximum absolute atomic E-state index is 12.5. The Labute approximate surface area is 156 Å². The second kappa shape index (κ2) is 8.14. The van der Waals surface area contributed by atoms with E-state index in [4.69, 9.17) is 0 Å². The first-order valence-electron chi connectivity index (χ1n) is 8.30. The quantitative estimate of drug-likeness (QED) is 0.513. The van der Waals surface area contributed by atoms with Crippen molar-refractivity contribution in [2.75, 3.05) is 12.0 Å². The summed E-state index contributed by atoms with van der Waals surface area (Å²) in [6.45, 7) is 1.93. The zero-order chi connectivity index (χ0) is 18.5. The van der Waals surface area contributed by atoms with Crippen LogP contribution in [0, 0.1) is 6.92 Å². The highest BCUT2D eigenvalue weighted by Gasteiger charge is 2.24. The number of aryl methyl sites for hydroxylation is 1. The van der Waals surface area contributed by atoms with Crippen LogP contribution in [0.5, 0.6) is 0 Å². The Bertz CT molecular complexity index is 921. The lowest BCUT2D eigenvalue weighted by Crippen LogP contribution is -2.35. The molecule has 0 saturated heterocycles. The molecule has 3 rings (SSSR count). The molecule has 2 heterocycles. The van der Waals surface area contributed by atoms with Gasteiger partial charge in [-0.2, -0.15) is 11.8 Å². The summed E-state index contributed by atoms with van der Waals surface area (Å²) in [5, 5.41) is 11.2. The van der Waals surface area contributed by atoms with Gasteiger partial charge in [-0.25, -0.2) is 0 Å². The van der Waals surface area contributed by atoms with E-state index < -0.39 is 11.7 Å². The van der Waals surface area contributed by atoms with Gasteiger partial charge in [0, 0.05) is 11.8 Å². The van der Waals surface area contributed by atoms with Crippen LogP contribution in [0.2, 0.25) is 0 Å². The normalized spacial score (nSPS) is 12.1. The molecule has 0 aliphatic rings. The molecule has 1 N–H and O–H groups in total. The number of nitrogens with zero attached hydrogens (tertiary/aromatic N) is 3. The molecule has 3 aromatic rings. The molecule has 1 unspecified atom stereocenters. The minimum absolute atomic E-state index is 0.378. The van der Waals surface area contributed by atoms with Crippen molar-refractivity contribution in [2.24, 2.45) is 0 Å². The van der Waals surface area contributed by atoms with Crippen molar-refractivity contribution < 1.29 is 9.59 Å². The molecule has 7 heteroatoms. The van der Waals surface area contributed by atoms with E-state index in [2.05, 4.69) is 15.5 Å². The molecule has 0 saturated carbocycles. The molecule has 0 bridgehead atoms. The van der Waals surface area contributed by atoms with E-state index in [1.54, 1.807) is 23.9 Å². The van der Waals surface area contributed by atoms with E-state index >= 15 is 0 Å². The third-order valence-electron chi connectivity index (χ3n) is 4.09. The summed E-state index contributed by atoms with van der Waals surface area (Å²) in [7, 11) is 0. The first-order valence-corrected chi connectivity index (χ1v) is 9.70. The van der Waals surface area contributed by atoms with Crippen LogP contribution in [0.25, 0.3) is 5.65 Å². The molecule has 0 radical (unpaired) electrons. The van der Waals surface area contributed by atoms with Gasteiger partial charge < -0.3 is 5.32 Å². The molecule has 134 valence electrons. The summed E-state index contributed by atoms with van der Waals surface area (Å²) in [4.78, 5) is 24.9. The van der Waals surface area contributed by atoms with Crippen molar-refractivity contribution in [3.05, 3.63) is 65.6 Å². The zero-order valence-corrected chi connectivity index (χ0v) is 15.5. The number of carbonyl (C=O) groups is 2. The average Bonchev–Trinajstić information content (AvgIpc) is 3.09. The van der Waals surface area contributed by atoms with Crippen LogP contribution in [-0.2, 0) is 4.79 Å². The number of hydrogen-bond acceptors (Lipinski definition) is 5. The summed E-state index contributed by atoms with van der Waals surface area (Å²) in [5.41, 5.74) is 2.12. The fourth-order valence-corrected chi connectivity index (χ4v) is 3.13. The standard InChI is InChI=1S/C19H20N4O2S/c1-13-6-8-14(9-7-13)17(24)19(25)20-15(10-12-26-2)18-22-21-16-5-3-4-11-23(16)18/h3-9,11,15H,10,12H2,1-2H3,(H,20,25). The van der Waals surface area contributed by atoms with Gasteiger partial charge in [0.1, 0.15) is 0 Å². The molecular weight excluding hydrogens is 348 g/mol. The maximum Gasteiger partial charge on any atom is 0.292 e. The summed E-state index contributed by atoms with van der Waals surface area (Å²) in [6.07, 6.45) is 4.51. The molecular formula is C19H20N4O2S. The van der Waals surface area contributed by atoms with Crippen LogP contribution >= 0.6 is 11.8 Å². The predicted molar refractivity (Wildman–Crippen MR) is 102 cm³/mol. The summed E-state index contributed by atoms with van der Waals surface area (Å²) >= 11 is 1.67. The molecule has 0 aliphatic heterocycles. The number of carbonyl (C=O) groups excluding carboxylic acids is 2. The number of fused-ring (bicyclic) bond motifs is 1. The van der Waals surface area contributed by atoms with Crippen molar-refractivity contribution in [1.29, 1.82) is 0 Å². The highest BCUT2D eigenvalue weighted by atomic mass is 32.2. The van der Waals surface area contributed by atoms with Gasteiger partial charge in [-0.15, -0.1) is 10.2 Å². The minimum Gasteiger partial charge on any atom is -0.339 e. The Kier molecular flexibility index (Phi) is 5.68. The first-order chi connectivity index (χ1) is 12.6. The van der Waals surface area contributed by atoms with E-state index in [-0.39, 0.29) is 6.04 Å². The number of amides is 1. The molecule has 0 spiro atoms. The average molecular weight is 368 g/mol. The maximum atomic E-state index is 12.5. The predicted octanol–water partition coefficient (Wildman–Crippen LogP) is 2.83. The Hall–Kier alpha value is -2.67. The molecule has 1 amide bonds. The number of hydrogen-bond donors (Lipinski definition) is 1. The lowest BCUT2D eigenvalue weighted by atomic mass is 10.1. The van der Waals surface area contributed by atoms with Gasteiger partial charge in [-0.05, 0) is 37.5 Å². The number of ketones is 1. The van der Waals surface area contributed by atoms with Gasteiger partial charge in [-0.3, -0.25) is 14.0 Å². The molecule has 1 aromatic carbocycles. The number of benzene rings is 1. The van der Waals surface area contributed by atoms with E-state index in [0.29, 0.717) is 23.5 Å². The lowest BCUT2D eigenvalue weighted by Gasteiger charge is -2.16. The third kappa shape index (κ3) is 3.94. The van der Waals surface area contributed by atoms with Crippen LogP contribution < -0.4 is 5.32 Å². The second-order valence-electron chi connectivity index (χ2n) is 5.99. The van der Waals surface area contributed by atoms with Crippen LogP contribution in [0.4, 0.5) is 0 Å². The summed E-state index contributed by atoms with van der Waals surface area (Å²) < 4.78 is 1.83. The minimum atomic E-state index is -0.632. The van der Waals surface area contributed by atoms with Gasteiger partial charge in [0.2, 0.25) is 5.78 Å². The summed E-state index contributed by atoms with van der Waals surface area (Å²) in [5.74, 6) is 0.270. The van der Waals surface area contributed by atoms with E-state index in [1.165, 1.54) is 0 Å². The van der Waals surface area contributed by atoms with Crippen LogP contribution in [0.15, 0.2) is 48.7 Å². The zero-order valence-electron chi connectivity index (χ0n) is 14.7. The van der Waals surface area contributed by atoms with Gasteiger partial charge in [-0.1, -0.05) is 35.9 Å². The van der Waals surface area contributed by atoms with Gasteiger partial charge in [0.05, 0.1) is 6.04 Å². The van der Waals surface area contributed by atoms with Crippen molar-refractivity contribution in [2.45, 2.75) is 19.4 Å². The molecule has 1 atom stereocenters. The van der Waals surface area contributed by atoms with Crippen molar-refractivity contribution >= 4 is 29.1 Å². The van der Waals surface area contributed by atoms with E-state index in [0.717, 1.165) is 11.3 Å². The van der Waals surface area contributed by atoms with Gasteiger partial charge >= 0.3 is 0 Å².